The minimum atomic E-state index is -0.495. The highest BCUT2D eigenvalue weighted by atomic mass is 32.1. The molecule has 0 radical (unpaired) electrons. The van der Waals surface area contributed by atoms with Gasteiger partial charge in [0.2, 0.25) is 0 Å². The van der Waals surface area contributed by atoms with Crippen molar-refractivity contribution in [1.29, 1.82) is 0 Å². The standard InChI is InChI=1S/C11H13N3OS.C11H10/c12-6-8-14-9(11(13)15)10(16-8)7-4-2-1-3-5-7;1-9-6-7-10-4-2-3-5-11(10)8-9/h2,4-5H,1,3,6,12H2,(H2,13,15);2-8H,1H3. The molecule has 1 aromatic heterocycles. The SMILES string of the molecule is Cc1ccc2ccccc2c1.NCc1nc(C(N)=O)c(C2=CCCC=C2)s1. The minimum absolute atomic E-state index is 0.335. The van der Waals surface area contributed by atoms with Crippen LogP contribution in [0.1, 0.15) is 38.8 Å². The Labute approximate surface area is 163 Å². The van der Waals surface area contributed by atoms with E-state index in [1.807, 2.05) is 6.08 Å². The summed E-state index contributed by atoms with van der Waals surface area (Å²) in [6, 6.07) is 14.9. The molecule has 0 aliphatic heterocycles. The molecule has 0 atom stereocenters. The van der Waals surface area contributed by atoms with E-state index < -0.39 is 5.91 Å². The van der Waals surface area contributed by atoms with Gasteiger partial charge in [0.15, 0.2) is 0 Å². The van der Waals surface area contributed by atoms with Gasteiger partial charge in [-0.2, -0.15) is 0 Å². The molecule has 3 aromatic rings. The molecule has 1 aliphatic rings. The number of carbonyl (C=O) groups excluding carboxylic acids is 1. The molecule has 0 spiro atoms. The van der Waals surface area contributed by atoms with E-state index >= 15 is 0 Å². The highest BCUT2D eigenvalue weighted by molar-refractivity contribution is 7.13. The van der Waals surface area contributed by atoms with Crippen LogP contribution in [0.25, 0.3) is 16.3 Å². The minimum Gasteiger partial charge on any atom is -0.364 e. The first kappa shape index (κ1) is 19.0. The lowest BCUT2D eigenvalue weighted by molar-refractivity contribution is 0.0996. The van der Waals surface area contributed by atoms with Gasteiger partial charge in [0.25, 0.3) is 5.91 Å². The second-order valence-electron chi connectivity index (χ2n) is 6.34. The molecule has 4 N–H and O–H groups in total. The van der Waals surface area contributed by atoms with Crippen LogP contribution in [0.3, 0.4) is 0 Å². The van der Waals surface area contributed by atoms with E-state index in [-0.39, 0.29) is 0 Å². The predicted octanol–water partition coefficient (Wildman–Crippen LogP) is 4.58. The van der Waals surface area contributed by atoms with Crippen LogP contribution < -0.4 is 11.5 Å². The summed E-state index contributed by atoms with van der Waals surface area (Å²) in [5, 5.41) is 3.38. The molecule has 4 nitrogen and oxygen atoms in total. The number of carbonyl (C=O) groups is 1. The van der Waals surface area contributed by atoms with Gasteiger partial charge >= 0.3 is 0 Å². The number of aryl methyl sites for hydroxylation is 1. The van der Waals surface area contributed by atoms with Crippen molar-refractivity contribution in [2.75, 3.05) is 0 Å². The number of rotatable bonds is 3. The fourth-order valence-corrected chi connectivity index (χ4v) is 3.87. The van der Waals surface area contributed by atoms with E-state index in [1.54, 1.807) is 0 Å². The van der Waals surface area contributed by atoms with E-state index in [0.717, 1.165) is 28.3 Å². The largest absolute Gasteiger partial charge is 0.364 e. The Hall–Kier alpha value is -2.76. The molecule has 0 unspecified atom stereocenters. The molecular formula is C22H23N3OS. The first-order valence-electron chi connectivity index (χ1n) is 8.90. The van der Waals surface area contributed by atoms with Crippen LogP contribution in [0.15, 0.2) is 60.7 Å². The number of benzene rings is 2. The Kier molecular flexibility index (Phi) is 6.16. The summed E-state index contributed by atoms with van der Waals surface area (Å²) in [6.07, 6.45) is 8.21. The zero-order valence-electron chi connectivity index (χ0n) is 15.3. The quantitative estimate of drug-likeness (QED) is 0.701. The number of allylic oxidation sites excluding steroid dienone is 4. The van der Waals surface area contributed by atoms with Crippen LogP contribution in [0, 0.1) is 6.92 Å². The van der Waals surface area contributed by atoms with Crippen molar-refractivity contribution in [2.45, 2.75) is 26.3 Å². The second kappa shape index (κ2) is 8.75. The Balaban J connectivity index is 0.000000166. The number of primary amides is 1. The van der Waals surface area contributed by atoms with E-state index in [4.69, 9.17) is 11.5 Å². The van der Waals surface area contributed by atoms with Gasteiger partial charge in [-0.15, -0.1) is 11.3 Å². The molecule has 2 aromatic carbocycles. The Morgan fingerprint density at radius 1 is 1.15 bits per heavy atom. The van der Waals surface area contributed by atoms with E-state index in [2.05, 4.69) is 66.5 Å². The van der Waals surface area contributed by atoms with Crippen LogP contribution in [-0.4, -0.2) is 10.9 Å². The Morgan fingerprint density at radius 3 is 2.59 bits per heavy atom. The molecule has 1 amide bonds. The van der Waals surface area contributed by atoms with Gasteiger partial charge < -0.3 is 11.5 Å². The van der Waals surface area contributed by atoms with Gasteiger partial charge in [-0.1, -0.05) is 66.3 Å². The lowest BCUT2D eigenvalue weighted by Gasteiger charge is -2.04. The van der Waals surface area contributed by atoms with Gasteiger partial charge in [-0.25, -0.2) is 4.98 Å². The molecular weight excluding hydrogens is 354 g/mol. The molecule has 4 rings (SSSR count). The van der Waals surface area contributed by atoms with E-state index in [0.29, 0.717) is 12.2 Å². The van der Waals surface area contributed by atoms with E-state index in [1.165, 1.54) is 27.7 Å². The van der Waals surface area contributed by atoms with Gasteiger partial charge in [0.1, 0.15) is 10.7 Å². The zero-order valence-corrected chi connectivity index (χ0v) is 16.1. The third-order valence-electron chi connectivity index (χ3n) is 4.24. The van der Waals surface area contributed by atoms with Gasteiger partial charge in [-0.05, 0) is 36.1 Å². The van der Waals surface area contributed by atoms with E-state index in [9.17, 15) is 4.79 Å². The smallest absolute Gasteiger partial charge is 0.268 e. The number of nitrogens with zero attached hydrogens (tertiary/aromatic N) is 1. The Morgan fingerprint density at radius 2 is 1.93 bits per heavy atom. The fourth-order valence-electron chi connectivity index (χ4n) is 2.90. The molecule has 138 valence electrons. The zero-order chi connectivity index (χ0) is 19.2. The summed E-state index contributed by atoms with van der Waals surface area (Å²) in [7, 11) is 0. The number of nitrogens with two attached hydrogens (primary N) is 2. The molecule has 1 heterocycles. The summed E-state index contributed by atoms with van der Waals surface area (Å²) >= 11 is 1.44. The molecule has 1 aliphatic carbocycles. The predicted molar refractivity (Wildman–Crippen MR) is 114 cm³/mol. The maximum absolute atomic E-state index is 11.3. The third kappa shape index (κ3) is 4.70. The number of thiazole rings is 1. The number of fused-ring (bicyclic) bond motifs is 1. The van der Waals surface area contributed by atoms with Gasteiger partial charge in [-0.3, -0.25) is 4.79 Å². The van der Waals surface area contributed by atoms with Crippen LogP contribution in [0.5, 0.6) is 0 Å². The summed E-state index contributed by atoms with van der Waals surface area (Å²) in [4.78, 5) is 16.3. The summed E-state index contributed by atoms with van der Waals surface area (Å²) in [5.41, 5.74) is 13.5. The second-order valence-corrected chi connectivity index (χ2v) is 7.43. The van der Waals surface area contributed by atoms with Crippen molar-refractivity contribution in [1.82, 2.24) is 4.98 Å². The first-order valence-corrected chi connectivity index (χ1v) is 9.72. The lowest BCUT2D eigenvalue weighted by Crippen LogP contribution is -2.13. The number of hydrogen-bond donors (Lipinski definition) is 2. The average Bonchev–Trinajstić information content (AvgIpc) is 3.14. The maximum atomic E-state index is 11.3. The van der Waals surface area contributed by atoms with Gasteiger partial charge in [0, 0.05) is 6.54 Å². The van der Waals surface area contributed by atoms with Crippen LogP contribution in [0.4, 0.5) is 0 Å². The molecule has 0 bridgehead atoms. The topological polar surface area (TPSA) is 82.0 Å². The number of aromatic nitrogens is 1. The highest BCUT2D eigenvalue weighted by Gasteiger charge is 2.17. The number of amides is 1. The molecule has 0 fully saturated rings. The van der Waals surface area contributed by atoms with Crippen LogP contribution >= 0.6 is 11.3 Å². The van der Waals surface area contributed by atoms with Crippen LogP contribution in [0.2, 0.25) is 0 Å². The normalized spacial score (nSPS) is 13.0. The number of hydrogen-bond acceptors (Lipinski definition) is 4. The van der Waals surface area contributed by atoms with Crippen molar-refractivity contribution in [2.24, 2.45) is 11.5 Å². The molecule has 5 heteroatoms. The monoisotopic (exact) mass is 377 g/mol. The lowest BCUT2D eigenvalue weighted by atomic mass is 10.0. The summed E-state index contributed by atoms with van der Waals surface area (Å²) in [6.45, 7) is 2.45. The molecule has 0 saturated carbocycles. The summed E-state index contributed by atoms with van der Waals surface area (Å²) in [5.74, 6) is -0.495. The Bertz CT molecular complexity index is 1020. The van der Waals surface area contributed by atoms with Crippen molar-refractivity contribution in [3.05, 3.63) is 81.8 Å². The van der Waals surface area contributed by atoms with Gasteiger partial charge in [0.05, 0.1) is 4.88 Å². The summed E-state index contributed by atoms with van der Waals surface area (Å²) < 4.78 is 0. The third-order valence-corrected chi connectivity index (χ3v) is 5.37. The average molecular weight is 378 g/mol. The van der Waals surface area contributed by atoms with Crippen LogP contribution in [-0.2, 0) is 6.54 Å². The van der Waals surface area contributed by atoms with Crippen molar-refractivity contribution in [3.63, 3.8) is 0 Å². The van der Waals surface area contributed by atoms with Crippen molar-refractivity contribution >= 4 is 33.6 Å². The fraction of sp³-hybridized carbons (Fsp3) is 0.182. The first-order chi connectivity index (χ1) is 13.1. The van der Waals surface area contributed by atoms with Crippen molar-refractivity contribution < 1.29 is 4.79 Å². The highest BCUT2D eigenvalue weighted by Crippen LogP contribution is 2.29. The maximum Gasteiger partial charge on any atom is 0.268 e. The molecule has 27 heavy (non-hydrogen) atoms. The molecule has 0 saturated heterocycles. The van der Waals surface area contributed by atoms with Crippen molar-refractivity contribution in [3.8, 4) is 0 Å².